The summed E-state index contributed by atoms with van der Waals surface area (Å²) >= 11 is 2.28. The summed E-state index contributed by atoms with van der Waals surface area (Å²) in [4.78, 5) is 11.8. The number of hydrogen-bond acceptors (Lipinski definition) is 3. The van der Waals surface area contributed by atoms with Gasteiger partial charge in [-0.2, -0.15) is 0 Å². The minimum absolute atomic E-state index is 0.164. The predicted molar refractivity (Wildman–Crippen MR) is 86.6 cm³/mol. The van der Waals surface area contributed by atoms with E-state index in [1.165, 1.54) is 5.56 Å². The molecule has 3 nitrogen and oxygen atoms in total. The zero-order valence-electron chi connectivity index (χ0n) is 11.8. The van der Waals surface area contributed by atoms with Crippen LogP contribution in [-0.4, -0.2) is 22.0 Å². The molecular weight excluding hydrogens is 353 g/mol. The van der Waals surface area contributed by atoms with Crippen molar-refractivity contribution in [2.24, 2.45) is 5.73 Å². The van der Waals surface area contributed by atoms with Gasteiger partial charge in [-0.25, -0.2) is 0 Å². The Hall–Kier alpha value is -0.620. The summed E-state index contributed by atoms with van der Waals surface area (Å²) in [7, 11) is 0. The molecule has 1 rings (SSSR count). The molecule has 0 bridgehead atoms. The van der Waals surface area contributed by atoms with Crippen LogP contribution in [0.5, 0.6) is 0 Å². The first-order valence-corrected chi connectivity index (χ1v) is 7.94. The van der Waals surface area contributed by atoms with Gasteiger partial charge in [-0.3, -0.25) is 4.79 Å². The second kappa shape index (κ2) is 7.24. The Labute approximate surface area is 129 Å². The number of hydrogen-bond donors (Lipinski definition) is 1. The fourth-order valence-electron chi connectivity index (χ4n) is 1.77. The van der Waals surface area contributed by atoms with E-state index in [2.05, 4.69) is 22.6 Å². The monoisotopic (exact) mass is 375 g/mol. The van der Waals surface area contributed by atoms with Crippen molar-refractivity contribution < 1.29 is 9.53 Å². The largest absolute Gasteiger partial charge is 0.460 e. The molecule has 0 fully saturated rings. The summed E-state index contributed by atoms with van der Waals surface area (Å²) in [6.45, 7) is 5.63. The molecule has 1 atom stereocenters. The fraction of sp³-hybridized carbons (Fsp3) is 0.533. The molecule has 2 N–H and O–H groups in total. The third-order valence-electron chi connectivity index (χ3n) is 2.46. The Morgan fingerprint density at radius 3 is 2.58 bits per heavy atom. The van der Waals surface area contributed by atoms with Gasteiger partial charge < -0.3 is 10.5 Å². The van der Waals surface area contributed by atoms with Gasteiger partial charge in [0.15, 0.2) is 0 Å². The van der Waals surface area contributed by atoms with Gasteiger partial charge in [-0.1, -0.05) is 46.9 Å². The minimum Gasteiger partial charge on any atom is -0.460 e. The first-order chi connectivity index (χ1) is 8.80. The zero-order valence-corrected chi connectivity index (χ0v) is 13.9. The molecule has 0 saturated carbocycles. The van der Waals surface area contributed by atoms with Gasteiger partial charge >= 0.3 is 5.97 Å². The van der Waals surface area contributed by atoms with Crippen LogP contribution in [0.2, 0.25) is 0 Å². The van der Waals surface area contributed by atoms with E-state index in [4.69, 9.17) is 10.5 Å². The highest BCUT2D eigenvalue weighted by atomic mass is 127. The van der Waals surface area contributed by atoms with E-state index < -0.39 is 5.60 Å². The molecule has 0 spiro atoms. The lowest BCUT2D eigenvalue weighted by molar-refractivity contribution is -0.153. The average molecular weight is 375 g/mol. The standard InChI is InChI=1S/C15H22INO2/c1-15(2,3)19-14(18)9-12-6-4-5-11(7-12)8-13(17)10-16/h4-7,13H,8-10,17H2,1-3H3/t13-/m0/s1. The summed E-state index contributed by atoms with van der Waals surface area (Å²) in [5.74, 6) is -0.192. The van der Waals surface area contributed by atoms with Crippen LogP contribution in [0.1, 0.15) is 31.9 Å². The SMILES string of the molecule is CC(C)(C)OC(=O)Cc1cccc(C[C@H](N)CI)c1. The van der Waals surface area contributed by atoms with Crippen molar-refractivity contribution in [2.75, 3.05) is 4.43 Å². The van der Waals surface area contributed by atoms with E-state index in [0.717, 1.165) is 16.4 Å². The van der Waals surface area contributed by atoms with Gasteiger partial charge in [0, 0.05) is 10.5 Å². The third kappa shape index (κ3) is 6.92. The number of carbonyl (C=O) groups excluding carboxylic acids is 1. The number of nitrogens with two attached hydrogens (primary N) is 1. The molecular formula is C15H22INO2. The maximum Gasteiger partial charge on any atom is 0.310 e. The summed E-state index contributed by atoms with van der Waals surface area (Å²) in [5, 5.41) is 0. The Morgan fingerprint density at radius 2 is 2.00 bits per heavy atom. The van der Waals surface area contributed by atoms with Gasteiger partial charge in [0.1, 0.15) is 5.60 Å². The van der Waals surface area contributed by atoms with Crippen molar-refractivity contribution in [3.05, 3.63) is 35.4 Å². The van der Waals surface area contributed by atoms with Crippen molar-refractivity contribution in [1.29, 1.82) is 0 Å². The molecule has 1 aromatic rings. The van der Waals surface area contributed by atoms with Crippen LogP contribution in [0.4, 0.5) is 0 Å². The van der Waals surface area contributed by atoms with Gasteiger partial charge in [0.25, 0.3) is 0 Å². The number of esters is 1. The Balaban J connectivity index is 2.64. The first kappa shape index (κ1) is 16.4. The van der Waals surface area contributed by atoms with Crippen molar-refractivity contribution in [1.82, 2.24) is 0 Å². The van der Waals surface area contributed by atoms with Crippen LogP contribution < -0.4 is 5.73 Å². The molecule has 0 aliphatic rings. The highest BCUT2D eigenvalue weighted by molar-refractivity contribution is 14.1. The molecule has 1 aromatic carbocycles. The maximum absolute atomic E-state index is 11.8. The average Bonchev–Trinajstić information content (AvgIpc) is 2.26. The Kier molecular flexibility index (Phi) is 6.26. The van der Waals surface area contributed by atoms with Crippen molar-refractivity contribution >= 4 is 28.6 Å². The molecule has 0 radical (unpaired) electrons. The van der Waals surface area contributed by atoms with Crippen LogP contribution in [0.3, 0.4) is 0 Å². The molecule has 0 aliphatic carbocycles. The van der Waals surface area contributed by atoms with E-state index >= 15 is 0 Å². The molecule has 19 heavy (non-hydrogen) atoms. The quantitative estimate of drug-likeness (QED) is 0.489. The summed E-state index contributed by atoms with van der Waals surface area (Å²) in [6.07, 6.45) is 1.15. The smallest absolute Gasteiger partial charge is 0.310 e. The number of rotatable bonds is 5. The van der Waals surface area contributed by atoms with Gasteiger partial charge in [0.2, 0.25) is 0 Å². The Morgan fingerprint density at radius 1 is 1.37 bits per heavy atom. The lowest BCUT2D eigenvalue weighted by Gasteiger charge is -2.19. The van der Waals surface area contributed by atoms with Crippen molar-refractivity contribution in [3.63, 3.8) is 0 Å². The van der Waals surface area contributed by atoms with Crippen LogP contribution in [-0.2, 0) is 22.4 Å². The van der Waals surface area contributed by atoms with Crippen molar-refractivity contribution in [2.45, 2.75) is 45.3 Å². The zero-order chi connectivity index (χ0) is 14.5. The molecule has 0 saturated heterocycles. The maximum atomic E-state index is 11.8. The summed E-state index contributed by atoms with van der Waals surface area (Å²) < 4.78 is 6.24. The molecule has 0 unspecified atom stereocenters. The highest BCUT2D eigenvalue weighted by Gasteiger charge is 2.16. The van der Waals surface area contributed by atoms with Crippen LogP contribution >= 0.6 is 22.6 Å². The van der Waals surface area contributed by atoms with Gasteiger partial charge in [-0.05, 0) is 38.3 Å². The molecule has 0 aliphatic heterocycles. The van der Waals surface area contributed by atoms with Gasteiger partial charge in [0.05, 0.1) is 6.42 Å². The number of alkyl halides is 1. The lowest BCUT2D eigenvalue weighted by atomic mass is 10.0. The Bertz CT molecular complexity index is 426. The third-order valence-corrected chi connectivity index (χ3v) is 3.59. The van der Waals surface area contributed by atoms with Crippen LogP contribution in [0.25, 0.3) is 0 Å². The summed E-state index contributed by atoms with van der Waals surface area (Å²) in [5.41, 5.74) is 7.66. The highest BCUT2D eigenvalue weighted by Crippen LogP contribution is 2.12. The van der Waals surface area contributed by atoms with E-state index in [1.54, 1.807) is 0 Å². The minimum atomic E-state index is -0.432. The number of benzene rings is 1. The fourth-order valence-corrected chi connectivity index (χ4v) is 2.08. The molecule has 4 heteroatoms. The number of carbonyl (C=O) groups is 1. The van der Waals surface area contributed by atoms with Crippen LogP contribution in [0, 0.1) is 0 Å². The van der Waals surface area contributed by atoms with Gasteiger partial charge in [-0.15, -0.1) is 0 Å². The topological polar surface area (TPSA) is 52.3 Å². The molecule has 0 amide bonds. The summed E-state index contributed by atoms with van der Waals surface area (Å²) in [6, 6.07) is 8.16. The van der Waals surface area contributed by atoms with E-state index in [9.17, 15) is 4.79 Å². The molecule has 0 aromatic heterocycles. The van der Waals surface area contributed by atoms with E-state index in [1.807, 2.05) is 45.0 Å². The van der Waals surface area contributed by atoms with Crippen LogP contribution in [0.15, 0.2) is 24.3 Å². The number of ether oxygens (including phenoxy) is 1. The van der Waals surface area contributed by atoms with Crippen molar-refractivity contribution in [3.8, 4) is 0 Å². The second-order valence-electron chi connectivity index (χ2n) is 5.70. The number of halogens is 1. The lowest BCUT2D eigenvalue weighted by Crippen LogP contribution is -2.25. The predicted octanol–water partition coefficient (Wildman–Crippen LogP) is 2.88. The second-order valence-corrected chi connectivity index (χ2v) is 6.58. The molecule has 106 valence electrons. The van der Waals surface area contributed by atoms with E-state index in [-0.39, 0.29) is 12.0 Å². The molecule has 0 heterocycles. The normalized spacial score (nSPS) is 13.1. The van der Waals surface area contributed by atoms with E-state index in [0.29, 0.717) is 6.42 Å². The first-order valence-electron chi connectivity index (χ1n) is 6.41.